The lowest BCUT2D eigenvalue weighted by Crippen LogP contribution is -2.45. The van der Waals surface area contributed by atoms with Crippen LogP contribution in [0.1, 0.15) is 19.3 Å². The Morgan fingerprint density at radius 1 is 1.44 bits per heavy atom. The van der Waals surface area contributed by atoms with Gasteiger partial charge in [0.25, 0.3) is 0 Å². The van der Waals surface area contributed by atoms with Crippen molar-refractivity contribution in [3.05, 3.63) is 0 Å². The standard InChI is InChI=1S/C10H16BrNO5S/c1-17-10(14)7(11)6-12-9(13)8-4-2-3-5-18(8,15)16/h7-8H,2-6H2,1H3,(H,12,13). The number of amides is 1. The minimum absolute atomic E-state index is 0.0114. The fourth-order valence-electron chi connectivity index (χ4n) is 1.76. The van der Waals surface area contributed by atoms with Crippen molar-refractivity contribution < 1.29 is 22.7 Å². The highest BCUT2D eigenvalue weighted by Gasteiger charge is 2.35. The lowest BCUT2D eigenvalue weighted by atomic mass is 10.2. The number of halogens is 1. The van der Waals surface area contributed by atoms with Crippen LogP contribution in [-0.4, -0.2) is 49.8 Å². The van der Waals surface area contributed by atoms with E-state index in [2.05, 4.69) is 26.0 Å². The van der Waals surface area contributed by atoms with Crippen molar-refractivity contribution in [3.8, 4) is 0 Å². The molecule has 6 nitrogen and oxygen atoms in total. The molecule has 18 heavy (non-hydrogen) atoms. The van der Waals surface area contributed by atoms with Crippen molar-refractivity contribution in [1.29, 1.82) is 0 Å². The number of ether oxygens (including phenoxy) is 1. The summed E-state index contributed by atoms with van der Waals surface area (Å²) in [6, 6.07) is 0. The minimum atomic E-state index is -3.34. The Hall–Kier alpha value is -0.630. The first-order valence-corrected chi connectivity index (χ1v) is 8.23. The zero-order valence-corrected chi connectivity index (χ0v) is 12.4. The topological polar surface area (TPSA) is 89.5 Å². The maximum absolute atomic E-state index is 11.8. The van der Waals surface area contributed by atoms with Gasteiger partial charge in [-0.3, -0.25) is 9.59 Å². The summed E-state index contributed by atoms with van der Waals surface area (Å²) in [7, 11) is -2.10. The number of hydrogen-bond donors (Lipinski definition) is 1. The molecule has 104 valence electrons. The van der Waals surface area contributed by atoms with Gasteiger partial charge in [-0.1, -0.05) is 22.4 Å². The zero-order chi connectivity index (χ0) is 13.8. The van der Waals surface area contributed by atoms with Crippen LogP contribution < -0.4 is 5.32 Å². The van der Waals surface area contributed by atoms with Gasteiger partial charge in [0.05, 0.1) is 12.9 Å². The number of carbonyl (C=O) groups excluding carboxylic acids is 2. The largest absolute Gasteiger partial charge is 0.468 e. The first kappa shape index (κ1) is 15.4. The summed E-state index contributed by atoms with van der Waals surface area (Å²) < 4.78 is 27.9. The predicted molar refractivity (Wildman–Crippen MR) is 69.2 cm³/mol. The highest BCUT2D eigenvalue weighted by atomic mass is 79.9. The van der Waals surface area contributed by atoms with Crippen LogP contribution in [-0.2, 0) is 24.2 Å². The first-order chi connectivity index (χ1) is 8.38. The van der Waals surface area contributed by atoms with Gasteiger partial charge < -0.3 is 10.1 Å². The summed E-state index contributed by atoms with van der Waals surface area (Å²) in [6.45, 7) is 0.0114. The molecule has 0 saturated carbocycles. The molecule has 0 aromatic rings. The van der Waals surface area contributed by atoms with Crippen molar-refractivity contribution in [2.45, 2.75) is 29.3 Å². The molecule has 0 bridgehead atoms. The molecule has 2 unspecified atom stereocenters. The number of methoxy groups -OCH3 is 1. The molecule has 1 rings (SSSR count). The fourth-order valence-corrected chi connectivity index (χ4v) is 3.94. The summed E-state index contributed by atoms with van der Waals surface area (Å²) in [5, 5.41) is 1.47. The van der Waals surface area contributed by atoms with Crippen molar-refractivity contribution in [1.82, 2.24) is 5.32 Å². The molecule has 8 heteroatoms. The van der Waals surface area contributed by atoms with Crippen LogP contribution in [0.3, 0.4) is 0 Å². The van der Waals surface area contributed by atoms with Gasteiger partial charge in [0.1, 0.15) is 10.1 Å². The summed E-state index contributed by atoms with van der Waals surface area (Å²) in [5.74, 6) is -0.996. The molecular formula is C10H16BrNO5S. The monoisotopic (exact) mass is 341 g/mol. The molecule has 1 fully saturated rings. The molecule has 0 radical (unpaired) electrons. The fraction of sp³-hybridized carbons (Fsp3) is 0.800. The third-order valence-corrected chi connectivity index (χ3v) is 5.66. The molecule has 1 aliphatic heterocycles. The van der Waals surface area contributed by atoms with E-state index in [1.54, 1.807) is 0 Å². The number of esters is 1. The molecule has 1 amide bonds. The van der Waals surface area contributed by atoms with Crippen molar-refractivity contribution in [2.24, 2.45) is 0 Å². The maximum Gasteiger partial charge on any atom is 0.321 e. The van der Waals surface area contributed by atoms with Crippen LogP contribution in [0.15, 0.2) is 0 Å². The van der Waals surface area contributed by atoms with Gasteiger partial charge in [0.2, 0.25) is 5.91 Å². The van der Waals surface area contributed by atoms with E-state index in [1.807, 2.05) is 0 Å². The minimum Gasteiger partial charge on any atom is -0.468 e. The van der Waals surface area contributed by atoms with E-state index in [9.17, 15) is 18.0 Å². The van der Waals surface area contributed by atoms with Gasteiger partial charge in [0.15, 0.2) is 9.84 Å². The van der Waals surface area contributed by atoms with Gasteiger partial charge in [-0.05, 0) is 12.8 Å². The average Bonchev–Trinajstić information content (AvgIpc) is 2.33. The van der Waals surface area contributed by atoms with Crippen molar-refractivity contribution >= 4 is 37.6 Å². The summed E-state index contributed by atoms with van der Waals surface area (Å²) in [5.41, 5.74) is 0. The zero-order valence-electron chi connectivity index (χ0n) is 10.0. The molecule has 0 aromatic carbocycles. The van der Waals surface area contributed by atoms with Crippen LogP contribution in [0.5, 0.6) is 0 Å². The Bertz CT molecular complexity index is 422. The summed E-state index contributed by atoms with van der Waals surface area (Å²) in [4.78, 5) is 22.2. The quantitative estimate of drug-likeness (QED) is 0.574. The Kier molecular flexibility index (Phi) is 5.58. The van der Waals surface area contributed by atoms with Crippen LogP contribution in [0.2, 0.25) is 0 Å². The Labute approximate surface area is 114 Å². The molecular weight excluding hydrogens is 326 g/mol. The number of rotatable bonds is 4. The lowest BCUT2D eigenvalue weighted by Gasteiger charge is -2.21. The third kappa shape index (κ3) is 3.94. The molecule has 0 aromatic heterocycles. The number of alkyl halides is 1. The van der Waals surface area contributed by atoms with E-state index in [1.165, 1.54) is 7.11 Å². The number of carbonyl (C=O) groups is 2. The molecule has 1 heterocycles. The second-order valence-electron chi connectivity index (χ2n) is 4.09. The van der Waals surface area contributed by atoms with Crippen molar-refractivity contribution in [2.75, 3.05) is 19.4 Å². The molecule has 1 N–H and O–H groups in total. The van der Waals surface area contributed by atoms with Crippen LogP contribution in [0, 0.1) is 0 Å². The second kappa shape index (κ2) is 6.51. The van der Waals surface area contributed by atoms with E-state index < -0.39 is 31.8 Å². The van der Waals surface area contributed by atoms with Crippen LogP contribution in [0.4, 0.5) is 0 Å². The molecule has 2 atom stereocenters. The Morgan fingerprint density at radius 2 is 2.11 bits per heavy atom. The van der Waals surface area contributed by atoms with Crippen molar-refractivity contribution in [3.63, 3.8) is 0 Å². The predicted octanol–water partition coefficient (Wildman–Crippen LogP) is 0.00640. The number of hydrogen-bond acceptors (Lipinski definition) is 5. The maximum atomic E-state index is 11.8. The second-order valence-corrected chi connectivity index (χ2v) is 7.50. The molecule has 1 saturated heterocycles. The summed E-state index contributed by atoms with van der Waals surface area (Å²) in [6.07, 6.45) is 1.68. The van der Waals surface area contributed by atoms with Crippen LogP contribution >= 0.6 is 15.9 Å². The lowest BCUT2D eigenvalue weighted by molar-refractivity contribution is -0.139. The highest BCUT2D eigenvalue weighted by Crippen LogP contribution is 2.19. The molecule has 0 aliphatic carbocycles. The van der Waals surface area contributed by atoms with E-state index in [-0.39, 0.29) is 12.3 Å². The van der Waals surface area contributed by atoms with E-state index in [0.717, 1.165) is 6.42 Å². The SMILES string of the molecule is COC(=O)C(Br)CNC(=O)C1CCCCS1(=O)=O. The van der Waals surface area contributed by atoms with Gasteiger partial charge in [-0.25, -0.2) is 8.42 Å². The van der Waals surface area contributed by atoms with E-state index in [4.69, 9.17) is 0 Å². The number of sulfone groups is 1. The smallest absolute Gasteiger partial charge is 0.321 e. The third-order valence-electron chi connectivity index (χ3n) is 2.78. The Morgan fingerprint density at radius 3 is 2.67 bits per heavy atom. The van der Waals surface area contributed by atoms with E-state index >= 15 is 0 Å². The van der Waals surface area contributed by atoms with Gasteiger partial charge in [-0.15, -0.1) is 0 Å². The van der Waals surface area contributed by atoms with Gasteiger partial charge in [0, 0.05) is 6.54 Å². The number of nitrogens with one attached hydrogen (secondary N) is 1. The van der Waals surface area contributed by atoms with E-state index in [0.29, 0.717) is 12.8 Å². The first-order valence-electron chi connectivity index (χ1n) is 5.59. The van der Waals surface area contributed by atoms with Gasteiger partial charge in [-0.2, -0.15) is 0 Å². The summed E-state index contributed by atoms with van der Waals surface area (Å²) >= 11 is 3.05. The Balaban J connectivity index is 2.53. The highest BCUT2D eigenvalue weighted by molar-refractivity contribution is 9.10. The average molecular weight is 342 g/mol. The normalized spacial score (nSPS) is 24.0. The molecule has 1 aliphatic rings. The van der Waals surface area contributed by atoms with Gasteiger partial charge >= 0.3 is 5.97 Å². The van der Waals surface area contributed by atoms with Crippen LogP contribution in [0.25, 0.3) is 0 Å². The molecule has 0 spiro atoms.